The molecule has 0 N–H and O–H groups in total. The zero-order chi connectivity index (χ0) is 11.9. The van der Waals surface area contributed by atoms with Crippen LogP contribution in [0.4, 0.5) is 0 Å². The molecule has 0 bridgehead atoms. The van der Waals surface area contributed by atoms with Gasteiger partial charge in [-0.2, -0.15) is 0 Å². The summed E-state index contributed by atoms with van der Waals surface area (Å²) in [6.07, 6.45) is 2.67. The second-order valence-corrected chi connectivity index (χ2v) is 4.32. The second kappa shape index (κ2) is 3.70. The van der Waals surface area contributed by atoms with E-state index in [1.165, 1.54) is 0 Å². The minimum Gasteiger partial charge on any atom is -0.335 e. The summed E-state index contributed by atoms with van der Waals surface area (Å²) in [5.41, 5.74) is 2.45. The smallest absolute Gasteiger partial charge is 0.152 e. The van der Waals surface area contributed by atoms with Crippen LogP contribution in [-0.4, -0.2) is 20.8 Å². The molecule has 2 aromatic heterocycles. The lowest BCUT2D eigenvalue weighted by Crippen LogP contribution is -2.01. The standard InChI is InChI=1S/C12H15N3O/c1-7(2)11-10-9(6-16)5-15(4)12(10)14-8(3)13-11/h5-7H,1-4H3. The molecule has 2 heterocycles. The van der Waals surface area contributed by atoms with E-state index in [2.05, 4.69) is 23.8 Å². The molecule has 0 aromatic carbocycles. The summed E-state index contributed by atoms with van der Waals surface area (Å²) in [4.78, 5) is 19.8. The highest BCUT2D eigenvalue weighted by Gasteiger charge is 2.16. The molecule has 0 amide bonds. The molecule has 16 heavy (non-hydrogen) atoms. The molecule has 0 saturated carbocycles. The zero-order valence-electron chi connectivity index (χ0n) is 9.98. The molecule has 4 heteroatoms. The van der Waals surface area contributed by atoms with Crippen molar-refractivity contribution < 1.29 is 4.79 Å². The number of aromatic nitrogens is 3. The molecular weight excluding hydrogens is 202 g/mol. The Morgan fingerprint density at radius 3 is 2.62 bits per heavy atom. The van der Waals surface area contributed by atoms with Crippen molar-refractivity contribution in [2.24, 2.45) is 7.05 Å². The van der Waals surface area contributed by atoms with Gasteiger partial charge in [0.25, 0.3) is 0 Å². The molecule has 0 atom stereocenters. The highest BCUT2D eigenvalue weighted by Crippen LogP contribution is 2.26. The van der Waals surface area contributed by atoms with Gasteiger partial charge in [-0.15, -0.1) is 0 Å². The first-order chi connectivity index (χ1) is 7.54. The van der Waals surface area contributed by atoms with E-state index in [4.69, 9.17) is 0 Å². The van der Waals surface area contributed by atoms with Gasteiger partial charge < -0.3 is 4.57 Å². The Labute approximate surface area is 94.3 Å². The third kappa shape index (κ3) is 1.50. The van der Waals surface area contributed by atoms with Crippen molar-refractivity contribution >= 4 is 17.3 Å². The SMILES string of the molecule is Cc1nc(C(C)C)c2c(C=O)cn(C)c2n1. The number of hydrogen-bond acceptors (Lipinski definition) is 3. The van der Waals surface area contributed by atoms with Gasteiger partial charge in [-0.3, -0.25) is 4.79 Å². The molecule has 0 aliphatic heterocycles. The normalized spacial score (nSPS) is 11.3. The van der Waals surface area contributed by atoms with Crippen molar-refractivity contribution in [3.05, 3.63) is 23.3 Å². The number of fused-ring (bicyclic) bond motifs is 1. The van der Waals surface area contributed by atoms with Crippen LogP contribution >= 0.6 is 0 Å². The highest BCUT2D eigenvalue weighted by molar-refractivity contribution is 5.97. The maximum atomic E-state index is 11.0. The number of rotatable bonds is 2. The molecule has 0 saturated heterocycles. The maximum Gasteiger partial charge on any atom is 0.152 e. The second-order valence-electron chi connectivity index (χ2n) is 4.32. The largest absolute Gasteiger partial charge is 0.335 e. The Bertz CT molecular complexity index is 555. The van der Waals surface area contributed by atoms with Crippen molar-refractivity contribution in [2.75, 3.05) is 0 Å². The molecule has 0 fully saturated rings. The molecular formula is C12H15N3O. The van der Waals surface area contributed by atoms with Gasteiger partial charge in [0.1, 0.15) is 11.5 Å². The van der Waals surface area contributed by atoms with Gasteiger partial charge >= 0.3 is 0 Å². The summed E-state index contributed by atoms with van der Waals surface area (Å²) in [5.74, 6) is 1.03. The number of aryl methyl sites for hydroxylation is 2. The summed E-state index contributed by atoms with van der Waals surface area (Å²) in [6, 6.07) is 0. The van der Waals surface area contributed by atoms with Crippen LogP contribution in [0.25, 0.3) is 11.0 Å². The van der Waals surface area contributed by atoms with E-state index in [0.717, 1.165) is 28.8 Å². The highest BCUT2D eigenvalue weighted by atomic mass is 16.1. The van der Waals surface area contributed by atoms with Crippen LogP contribution < -0.4 is 0 Å². The quantitative estimate of drug-likeness (QED) is 0.724. The van der Waals surface area contributed by atoms with E-state index in [1.54, 1.807) is 6.20 Å². The predicted molar refractivity (Wildman–Crippen MR) is 62.7 cm³/mol. The number of carbonyl (C=O) groups is 1. The van der Waals surface area contributed by atoms with Crippen molar-refractivity contribution in [3.8, 4) is 0 Å². The van der Waals surface area contributed by atoms with Crippen LogP contribution in [0.2, 0.25) is 0 Å². The number of hydrogen-bond donors (Lipinski definition) is 0. The summed E-state index contributed by atoms with van der Waals surface area (Å²) in [5, 5.41) is 0.887. The summed E-state index contributed by atoms with van der Waals surface area (Å²) < 4.78 is 1.87. The average Bonchev–Trinajstić information content (AvgIpc) is 2.54. The topological polar surface area (TPSA) is 47.8 Å². The van der Waals surface area contributed by atoms with Crippen LogP contribution in [0.3, 0.4) is 0 Å². The molecule has 2 aromatic rings. The number of carbonyl (C=O) groups excluding carboxylic acids is 1. The Morgan fingerprint density at radius 2 is 2.06 bits per heavy atom. The predicted octanol–water partition coefficient (Wildman–Crippen LogP) is 2.21. The molecule has 0 aliphatic rings. The van der Waals surface area contributed by atoms with Crippen molar-refractivity contribution in [1.29, 1.82) is 0 Å². The zero-order valence-corrected chi connectivity index (χ0v) is 9.98. The fraction of sp³-hybridized carbons (Fsp3) is 0.417. The monoisotopic (exact) mass is 217 g/mol. The summed E-state index contributed by atoms with van der Waals surface area (Å²) in [7, 11) is 1.89. The van der Waals surface area contributed by atoms with E-state index in [-0.39, 0.29) is 5.92 Å². The molecule has 84 valence electrons. The maximum absolute atomic E-state index is 11.0. The van der Waals surface area contributed by atoms with Gasteiger partial charge in [-0.1, -0.05) is 13.8 Å². The summed E-state index contributed by atoms with van der Waals surface area (Å²) in [6.45, 7) is 6.02. The molecule has 0 unspecified atom stereocenters. The van der Waals surface area contributed by atoms with Gasteiger partial charge in [0, 0.05) is 18.8 Å². The fourth-order valence-electron chi connectivity index (χ4n) is 1.95. The first-order valence-corrected chi connectivity index (χ1v) is 5.33. The Morgan fingerprint density at radius 1 is 1.38 bits per heavy atom. The van der Waals surface area contributed by atoms with Gasteiger partial charge in [0.2, 0.25) is 0 Å². The van der Waals surface area contributed by atoms with E-state index >= 15 is 0 Å². The van der Waals surface area contributed by atoms with Crippen molar-refractivity contribution in [1.82, 2.24) is 14.5 Å². The molecule has 0 aliphatic carbocycles. The number of aldehydes is 1. The lowest BCUT2D eigenvalue weighted by atomic mass is 10.0. The lowest BCUT2D eigenvalue weighted by Gasteiger charge is -2.08. The first kappa shape index (κ1) is 10.8. The van der Waals surface area contributed by atoms with E-state index in [0.29, 0.717) is 5.56 Å². The third-order valence-electron chi connectivity index (χ3n) is 2.66. The molecule has 4 nitrogen and oxygen atoms in total. The number of nitrogens with zero attached hydrogens (tertiary/aromatic N) is 3. The Balaban J connectivity index is 2.92. The van der Waals surface area contributed by atoms with Crippen LogP contribution in [0.1, 0.15) is 41.6 Å². The third-order valence-corrected chi connectivity index (χ3v) is 2.66. The van der Waals surface area contributed by atoms with Crippen molar-refractivity contribution in [2.45, 2.75) is 26.7 Å². The van der Waals surface area contributed by atoms with E-state index in [9.17, 15) is 4.79 Å². The van der Waals surface area contributed by atoms with Gasteiger partial charge in [-0.25, -0.2) is 9.97 Å². The molecule has 0 spiro atoms. The molecule has 2 rings (SSSR count). The van der Waals surface area contributed by atoms with Crippen LogP contribution in [0, 0.1) is 6.92 Å². The fourth-order valence-corrected chi connectivity index (χ4v) is 1.95. The lowest BCUT2D eigenvalue weighted by molar-refractivity contribution is 0.112. The van der Waals surface area contributed by atoms with E-state index < -0.39 is 0 Å². The van der Waals surface area contributed by atoms with Gasteiger partial charge in [-0.05, 0) is 12.8 Å². The molecule has 0 radical (unpaired) electrons. The van der Waals surface area contributed by atoms with Crippen molar-refractivity contribution in [3.63, 3.8) is 0 Å². The average molecular weight is 217 g/mol. The van der Waals surface area contributed by atoms with E-state index in [1.807, 2.05) is 18.5 Å². The minimum atomic E-state index is 0.283. The first-order valence-electron chi connectivity index (χ1n) is 5.33. The Kier molecular flexibility index (Phi) is 2.50. The summed E-state index contributed by atoms with van der Waals surface area (Å²) >= 11 is 0. The van der Waals surface area contributed by atoms with Crippen LogP contribution in [0.15, 0.2) is 6.20 Å². The van der Waals surface area contributed by atoms with Gasteiger partial charge in [0.15, 0.2) is 6.29 Å². The Hall–Kier alpha value is -1.71. The van der Waals surface area contributed by atoms with Crippen LogP contribution in [-0.2, 0) is 7.05 Å². The minimum absolute atomic E-state index is 0.283. The van der Waals surface area contributed by atoms with Crippen LogP contribution in [0.5, 0.6) is 0 Å². The van der Waals surface area contributed by atoms with Gasteiger partial charge in [0.05, 0.1) is 11.1 Å².